The zero-order chi connectivity index (χ0) is 14.4. The molecule has 1 heterocycles. The molecule has 0 aliphatic carbocycles. The first-order valence-corrected chi connectivity index (χ1v) is 7.00. The summed E-state index contributed by atoms with van der Waals surface area (Å²) in [5.74, 6) is 0.0260. The number of amides is 1. The summed E-state index contributed by atoms with van der Waals surface area (Å²) in [5, 5.41) is 6.28. The van der Waals surface area contributed by atoms with E-state index in [1.165, 1.54) is 0 Å². The summed E-state index contributed by atoms with van der Waals surface area (Å²) < 4.78 is 5.02. The summed E-state index contributed by atoms with van der Waals surface area (Å²) in [6.07, 6.45) is 0. The van der Waals surface area contributed by atoms with E-state index in [1.807, 2.05) is 31.3 Å². The van der Waals surface area contributed by atoms with E-state index in [9.17, 15) is 4.79 Å². The number of anilines is 1. The molecular weight excluding hydrogens is 254 g/mol. The molecule has 1 atom stereocenters. The van der Waals surface area contributed by atoms with Crippen molar-refractivity contribution in [2.24, 2.45) is 0 Å². The van der Waals surface area contributed by atoms with Gasteiger partial charge in [0.15, 0.2) is 0 Å². The van der Waals surface area contributed by atoms with Crippen LogP contribution in [-0.2, 0) is 9.53 Å². The van der Waals surface area contributed by atoms with Gasteiger partial charge in [-0.15, -0.1) is 0 Å². The number of para-hydroxylation sites is 1. The van der Waals surface area contributed by atoms with E-state index in [2.05, 4.69) is 15.5 Å². The first-order chi connectivity index (χ1) is 9.72. The van der Waals surface area contributed by atoms with E-state index >= 15 is 0 Å². The Hall–Kier alpha value is -1.59. The molecule has 0 fully saturated rings. The fourth-order valence-corrected chi connectivity index (χ4v) is 2.37. The molecular formula is C15H23N3O2. The van der Waals surface area contributed by atoms with Gasteiger partial charge in [-0.05, 0) is 18.7 Å². The van der Waals surface area contributed by atoms with Crippen LogP contribution in [-0.4, -0.2) is 57.8 Å². The third-order valence-electron chi connectivity index (χ3n) is 3.62. The molecule has 1 aromatic rings. The Balaban J connectivity index is 1.76. The zero-order valence-corrected chi connectivity index (χ0v) is 12.2. The van der Waals surface area contributed by atoms with Gasteiger partial charge in [0.2, 0.25) is 5.91 Å². The summed E-state index contributed by atoms with van der Waals surface area (Å²) in [7, 11) is 3.72. The molecule has 0 saturated heterocycles. The van der Waals surface area contributed by atoms with E-state index in [1.54, 1.807) is 7.11 Å². The maximum atomic E-state index is 12.2. The van der Waals surface area contributed by atoms with Crippen LogP contribution in [0.1, 0.15) is 11.5 Å². The summed E-state index contributed by atoms with van der Waals surface area (Å²) in [6, 6.07) is 7.99. The van der Waals surface area contributed by atoms with Crippen molar-refractivity contribution in [2.75, 3.05) is 52.3 Å². The van der Waals surface area contributed by atoms with Gasteiger partial charge in [0.1, 0.15) is 0 Å². The molecule has 0 spiro atoms. The molecule has 5 heteroatoms. The van der Waals surface area contributed by atoms with E-state index in [-0.39, 0.29) is 11.8 Å². The van der Waals surface area contributed by atoms with Gasteiger partial charge in [0, 0.05) is 39.0 Å². The monoisotopic (exact) mass is 277 g/mol. The maximum absolute atomic E-state index is 12.2. The van der Waals surface area contributed by atoms with Crippen molar-refractivity contribution in [1.29, 1.82) is 0 Å². The number of benzene rings is 1. The Morgan fingerprint density at radius 1 is 1.45 bits per heavy atom. The Morgan fingerprint density at radius 3 is 3.05 bits per heavy atom. The summed E-state index contributed by atoms with van der Waals surface area (Å²) >= 11 is 0. The lowest BCUT2D eigenvalue weighted by molar-refractivity contribution is -0.122. The Bertz CT molecular complexity index is 450. The molecule has 5 nitrogen and oxygen atoms in total. The quantitative estimate of drug-likeness (QED) is 0.777. The van der Waals surface area contributed by atoms with Gasteiger partial charge in [-0.3, -0.25) is 4.79 Å². The number of nitrogens with zero attached hydrogens (tertiary/aromatic N) is 1. The third-order valence-corrected chi connectivity index (χ3v) is 3.62. The van der Waals surface area contributed by atoms with Gasteiger partial charge >= 0.3 is 0 Å². The topological polar surface area (TPSA) is 53.6 Å². The lowest BCUT2D eigenvalue weighted by atomic mass is 10.0. The number of hydrogen-bond acceptors (Lipinski definition) is 4. The molecule has 1 amide bonds. The fourth-order valence-electron chi connectivity index (χ4n) is 2.37. The largest absolute Gasteiger partial charge is 0.384 e. The summed E-state index contributed by atoms with van der Waals surface area (Å²) in [4.78, 5) is 14.4. The normalized spacial score (nSPS) is 16.9. The standard InChI is InChI=1S/C15H23N3O2/c1-18(9-10-20-2)8-7-16-15(19)13-11-17-14-6-4-3-5-12(13)14/h3-6,13,17H,7-11H2,1-2H3,(H,16,19). The Labute approximate surface area is 120 Å². The van der Waals surface area contributed by atoms with Crippen LogP contribution in [0.3, 0.4) is 0 Å². The van der Waals surface area contributed by atoms with Crippen molar-refractivity contribution in [3.8, 4) is 0 Å². The fraction of sp³-hybridized carbons (Fsp3) is 0.533. The average molecular weight is 277 g/mol. The number of carbonyl (C=O) groups is 1. The van der Waals surface area contributed by atoms with Crippen LogP contribution in [0.25, 0.3) is 0 Å². The average Bonchev–Trinajstić information content (AvgIpc) is 2.89. The van der Waals surface area contributed by atoms with Crippen molar-refractivity contribution in [3.05, 3.63) is 29.8 Å². The first-order valence-electron chi connectivity index (χ1n) is 7.00. The lowest BCUT2D eigenvalue weighted by Crippen LogP contribution is -2.37. The second-order valence-corrected chi connectivity index (χ2v) is 5.11. The molecule has 20 heavy (non-hydrogen) atoms. The molecule has 0 aromatic heterocycles. The number of rotatable bonds is 7. The third kappa shape index (κ3) is 3.71. The second kappa shape index (κ2) is 7.26. The van der Waals surface area contributed by atoms with Crippen LogP contribution in [0.4, 0.5) is 5.69 Å². The number of ether oxygens (including phenoxy) is 1. The van der Waals surface area contributed by atoms with E-state index in [4.69, 9.17) is 4.74 Å². The summed E-state index contributed by atoms with van der Waals surface area (Å²) in [5.41, 5.74) is 2.17. The molecule has 1 aliphatic rings. The van der Waals surface area contributed by atoms with Crippen LogP contribution in [0.15, 0.2) is 24.3 Å². The van der Waals surface area contributed by atoms with Crippen molar-refractivity contribution < 1.29 is 9.53 Å². The van der Waals surface area contributed by atoms with Gasteiger partial charge in [-0.1, -0.05) is 18.2 Å². The van der Waals surface area contributed by atoms with Crippen LogP contribution < -0.4 is 10.6 Å². The smallest absolute Gasteiger partial charge is 0.229 e. The highest BCUT2D eigenvalue weighted by atomic mass is 16.5. The van der Waals surface area contributed by atoms with Crippen LogP contribution in [0, 0.1) is 0 Å². The number of fused-ring (bicyclic) bond motifs is 1. The molecule has 0 saturated carbocycles. The number of nitrogens with one attached hydrogen (secondary N) is 2. The Kier molecular flexibility index (Phi) is 5.38. The van der Waals surface area contributed by atoms with Gasteiger partial charge in [-0.25, -0.2) is 0 Å². The molecule has 0 radical (unpaired) electrons. The summed E-state index contributed by atoms with van der Waals surface area (Å²) in [6.45, 7) is 3.77. The number of methoxy groups -OCH3 is 1. The van der Waals surface area contributed by atoms with Crippen molar-refractivity contribution in [1.82, 2.24) is 10.2 Å². The zero-order valence-electron chi connectivity index (χ0n) is 12.2. The van der Waals surface area contributed by atoms with Gasteiger partial charge in [0.05, 0.1) is 12.5 Å². The number of carbonyl (C=O) groups excluding carboxylic acids is 1. The highest BCUT2D eigenvalue weighted by Crippen LogP contribution is 2.30. The predicted molar refractivity (Wildman–Crippen MR) is 80.1 cm³/mol. The number of hydrogen-bond donors (Lipinski definition) is 2. The van der Waals surface area contributed by atoms with E-state index < -0.39 is 0 Å². The molecule has 1 aliphatic heterocycles. The first kappa shape index (κ1) is 14.8. The van der Waals surface area contributed by atoms with Crippen molar-refractivity contribution >= 4 is 11.6 Å². The van der Waals surface area contributed by atoms with Gasteiger partial charge in [-0.2, -0.15) is 0 Å². The van der Waals surface area contributed by atoms with E-state index in [0.29, 0.717) is 19.7 Å². The highest BCUT2D eigenvalue weighted by molar-refractivity contribution is 5.88. The minimum Gasteiger partial charge on any atom is -0.384 e. The predicted octanol–water partition coefficient (Wildman–Crippen LogP) is 0.890. The molecule has 110 valence electrons. The second-order valence-electron chi connectivity index (χ2n) is 5.11. The van der Waals surface area contributed by atoms with Crippen LogP contribution in [0.2, 0.25) is 0 Å². The maximum Gasteiger partial charge on any atom is 0.229 e. The van der Waals surface area contributed by atoms with E-state index in [0.717, 1.165) is 24.3 Å². The number of likely N-dealkylation sites (N-methyl/N-ethyl adjacent to an activating group) is 1. The molecule has 0 bridgehead atoms. The molecule has 2 N–H and O–H groups in total. The van der Waals surface area contributed by atoms with Gasteiger partial charge < -0.3 is 20.3 Å². The highest BCUT2D eigenvalue weighted by Gasteiger charge is 2.27. The van der Waals surface area contributed by atoms with Crippen LogP contribution >= 0.6 is 0 Å². The molecule has 1 unspecified atom stereocenters. The van der Waals surface area contributed by atoms with Crippen LogP contribution in [0.5, 0.6) is 0 Å². The Morgan fingerprint density at radius 2 is 2.25 bits per heavy atom. The van der Waals surface area contributed by atoms with Crippen molar-refractivity contribution in [3.63, 3.8) is 0 Å². The van der Waals surface area contributed by atoms with Crippen molar-refractivity contribution in [2.45, 2.75) is 5.92 Å². The molecule has 2 rings (SSSR count). The minimum absolute atomic E-state index is 0.0736. The minimum atomic E-state index is -0.0736. The van der Waals surface area contributed by atoms with Gasteiger partial charge in [0.25, 0.3) is 0 Å². The SMILES string of the molecule is COCCN(C)CCNC(=O)C1CNc2ccccc21. The molecule has 1 aromatic carbocycles. The lowest BCUT2D eigenvalue weighted by Gasteiger charge is -2.17.